The van der Waals surface area contributed by atoms with E-state index in [2.05, 4.69) is 5.32 Å². The van der Waals surface area contributed by atoms with Gasteiger partial charge in [-0.3, -0.25) is 4.79 Å². The highest BCUT2D eigenvalue weighted by Crippen LogP contribution is 2.20. The Bertz CT molecular complexity index is 420. The number of halogens is 1. The summed E-state index contributed by atoms with van der Waals surface area (Å²) in [6, 6.07) is 7.69. The second-order valence-electron chi connectivity index (χ2n) is 4.60. The van der Waals surface area contributed by atoms with Crippen LogP contribution < -0.4 is 5.32 Å². The third-order valence-electron chi connectivity index (χ3n) is 3.30. The molecular weight excluding hydrogens is 248 g/mol. The van der Waals surface area contributed by atoms with Crippen LogP contribution in [0.3, 0.4) is 0 Å². The monoisotopic (exact) mass is 266 g/mol. The predicted octanol–water partition coefficient (Wildman–Crippen LogP) is 2.44. The molecule has 0 saturated carbocycles. The van der Waals surface area contributed by atoms with Crippen LogP contribution in [0.25, 0.3) is 0 Å². The van der Waals surface area contributed by atoms with Crippen molar-refractivity contribution in [3.05, 3.63) is 34.9 Å². The Hall–Kier alpha value is -1.06. The number of likely N-dealkylation sites (N-methyl/N-ethyl adjacent to an activating group) is 1. The van der Waals surface area contributed by atoms with Gasteiger partial charge in [0.05, 0.1) is 6.04 Å². The van der Waals surface area contributed by atoms with E-state index in [4.69, 9.17) is 11.6 Å². The van der Waals surface area contributed by atoms with Crippen LogP contribution in [0.5, 0.6) is 0 Å². The van der Waals surface area contributed by atoms with Crippen molar-refractivity contribution < 1.29 is 4.79 Å². The van der Waals surface area contributed by atoms with Gasteiger partial charge >= 0.3 is 0 Å². The minimum atomic E-state index is -0.0220. The van der Waals surface area contributed by atoms with E-state index >= 15 is 0 Å². The molecule has 1 aliphatic rings. The van der Waals surface area contributed by atoms with Gasteiger partial charge in [-0.25, -0.2) is 0 Å². The number of rotatable bonds is 4. The molecule has 0 spiro atoms. The number of nitrogens with zero attached hydrogens (tertiary/aromatic N) is 1. The fourth-order valence-electron chi connectivity index (χ4n) is 2.37. The van der Waals surface area contributed by atoms with Crippen LogP contribution in [0.1, 0.15) is 25.3 Å². The number of carbonyl (C=O) groups excluding carboxylic acids is 1. The maximum atomic E-state index is 12.3. The molecule has 0 aliphatic carbocycles. The lowest BCUT2D eigenvalue weighted by Crippen LogP contribution is -2.50. The zero-order chi connectivity index (χ0) is 13.0. The first-order valence-corrected chi connectivity index (χ1v) is 6.85. The Labute approximate surface area is 113 Å². The van der Waals surface area contributed by atoms with Crippen molar-refractivity contribution in [2.45, 2.75) is 32.4 Å². The van der Waals surface area contributed by atoms with Crippen molar-refractivity contribution in [3.63, 3.8) is 0 Å². The zero-order valence-corrected chi connectivity index (χ0v) is 11.4. The lowest BCUT2D eigenvalue weighted by molar-refractivity contribution is -0.136. The third-order valence-corrected chi connectivity index (χ3v) is 3.67. The average Bonchev–Trinajstić information content (AvgIpc) is 2.37. The molecule has 1 saturated heterocycles. The molecule has 2 rings (SSSR count). The number of benzene rings is 1. The molecule has 1 heterocycles. The molecule has 0 radical (unpaired) electrons. The topological polar surface area (TPSA) is 32.3 Å². The van der Waals surface area contributed by atoms with Crippen molar-refractivity contribution in [1.82, 2.24) is 10.2 Å². The second kappa shape index (κ2) is 6.21. The molecular formula is C14H19ClN2O. The first-order chi connectivity index (χ1) is 8.72. The van der Waals surface area contributed by atoms with E-state index in [1.807, 2.05) is 36.1 Å². The van der Waals surface area contributed by atoms with Crippen LogP contribution in [-0.4, -0.2) is 29.9 Å². The molecule has 1 amide bonds. The molecule has 0 aromatic heterocycles. The van der Waals surface area contributed by atoms with Gasteiger partial charge in [-0.15, -0.1) is 0 Å². The summed E-state index contributed by atoms with van der Waals surface area (Å²) in [5.74, 6) is 0.197. The predicted molar refractivity (Wildman–Crippen MR) is 73.6 cm³/mol. The first-order valence-electron chi connectivity index (χ1n) is 6.48. The number of amides is 1. The van der Waals surface area contributed by atoms with Crippen LogP contribution in [-0.2, 0) is 11.3 Å². The van der Waals surface area contributed by atoms with Crippen molar-refractivity contribution in [3.8, 4) is 0 Å². The van der Waals surface area contributed by atoms with Crippen LogP contribution >= 0.6 is 11.6 Å². The number of likely N-dealkylation sites (tertiary alicyclic amines) is 1. The van der Waals surface area contributed by atoms with Gasteiger partial charge < -0.3 is 10.2 Å². The van der Waals surface area contributed by atoms with Crippen LogP contribution in [0, 0.1) is 0 Å². The maximum Gasteiger partial charge on any atom is 0.240 e. The van der Waals surface area contributed by atoms with Crippen molar-refractivity contribution in [2.24, 2.45) is 0 Å². The molecule has 1 aromatic rings. The van der Waals surface area contributed by atoms with Crippen molar-refractivity contribution in [2.75, 3.05) is 13.1 Å². The third kappa shape index (κ3) is 3.03. The quantitative estimate of drug-likeness (QED) is 0.908. The van der Waals surface area contributed by atoms with E-state index in [1.54, 1.807) is 0 Å². The van der Waals surface area contributed by atoms with Crippen molar-refractivity contribution in [1.29, 1.82) is 0 Å². The fraction of sp³-hybridized carbons (Fsp3) is 0.500. The second-order valence-corrected chi connectivity index (χ2v) is 5.01. The zero-order valence-electron chi connectivity index (χ0n) is 10.7. The molecule has 1 unspecified atom stereocenters. The number of nitrogens with one attached hydrogen (secondary N) is 1. The van der Waals surface area contributed by atoms with E-state index in [0.29, 0.717) is 6.54 Å². The van der Waals surface area contributed by atoms with E-state index in [1.165, 1.54) is 0 Å². The van der Waals surface area contributed by atoms with Gasteiger partial charge in [-0.2, -0.15) is 0 Å². The molecule has 1 N–H and O–H groups in total. The van der Waals surface area contributed by atoms with Gasteiger partial charge in [0.1, 0.15) is 0 Å². The molecule has 1 aromatic carbocycles. The summed E-state index contributed by atoms with van der Waals surface area (Å²) in [5, 5.41) is 3.97. The Morgan fingerprint density at radius 1 is 1.44 bits per heavy atom. The Kier molecular flexibility index (Phi) is 4.61. The van der Waals surface area contributed by atoms with Gasteiger partial charge in [0, 0.05) is 18.1 Å². The summed E-state index contributed by atoms with van der Waals surface area (Å²) in [4.78, 5) is 14.2. The lowest BCUT2D eigenvalue weighted by atomic mass is 10.0. The normalized spacial score (nSPS) is 20.2. The molecule has 0 bridgehead atoms. The largest absolute Gasteiger partial charge is 0.337 e. The van der Waals surface area contributed by atoms with Gasteiger partial charge in [0.15, 0.2) is 0 Å². The van der Waals surface area contributed by atoms with Crippen LogP contribution in [0.4, 0.5) is 0 Å². The number of hydrogen-bond donors (Lipinski definition) is 1. The first kappa shape index (κ1) is 13.4. The molecule has 4 heteroatoms. The molecule has 1 fully saturated rings. The van der Waals surface area contributed by atoms with E-state index < -0.39 is 0 Å². The van der Waals surface area contributed by atoms with Gasteiger partial charge in [0.25, 0.3) is 0 Å². The van der Waals surface area contributed by atoms with E-state index in [-0.39, 0.29) is 11.9 Å². The van der Waals surface area contributed by atoms with Gasteiger partial charge in [-0.05, 0) is 31.0 Å². The minimum absolute atomic E-state index is 0.0220. The SMILES string of the molecule is CCNC1CCCN(Cc2ccccc2Cl)C1=O. The molecule has 3 nitrogen and oxygen atoms in total. The molecule has 1 aliphatic heterocycles. The smallest absolute Gasteiger partial charge is 0.240 e. The summed E-state index contributed by atoms with van der Waals surface area (Å²) in [7, 11) is 0. The number of hydrogen-bond acceptors (Lipinski definition) is 2. The summed E-state index contributed by atoms with van der Waals surface area (Å²) < 4.78 is 0. The average molecular weight is 267 g/mol. The molecule has 1 atom stereocenters. The highest BCUT2D eigenvalue weighted by molar-refractivity contribution is 6.31. The highest BCUT2D eigenvalue weighted by Gasteiger charge is 2.27. The summed E-state index contributed by atoms with van der Waals surface area (Å²) >= 11 is 6.14. The summed E-state index contributed by atoms with van der Waals surface area (Å²) in [6.07, 6.45) is 1.99. The van der Waals surface area contributed by atoms with Crippen LogP contribution in [0.15, 0.2) is 24.3 Å². The van der Waals surface area contributed by atoms with Crippen molar-refractivity contribution >= 4 is 17.5 Å². The molecule has 98 valence electrons. The highest BCUT2D eigenvalue weighted by atomic mass is 35.5. The number of piperidine rings is 1. The molecule has 18 heavy (non-hydrogen) atoms. The number of carbonyl (C=O) groups is 1. The van der Waals surface area contributed by atoms with Gasteiger partial charge in [-0.1, -0.05) is 36.7 Å². The summed E-state index contributed by atoms with van der Waals surface area (Å²) in [6.45, 7) is 4.29. The Morgan fingerprint density at radius 2 is 2.22 bits per heavy atom. The Morgan fingerprint density at radius 3 is 2.94 bits per heavy atom. The van der Waals surface area contributed by atoms with E-state index in [0.717, 1.165) is 36.5 Å². The minimum Gasteiger partial charge on any atom is -0.337 e. The standard InChI is InChI=1S/C14H19ClN2O/c1-2-16-13-8-5-9-17(14(13)18)10-11-6-3-4-7-12(11)15/h3-4,6-7,13,16H,2,5,8-10H2,1H3. The van der Waals surface area contributed by atoms with Crippen LogP contribution in [0.2, 0.25) is 5.02 Å². The fourth-order valence-corrected chi connectivity index (χ4v) is 2.56. The maximum absolute atomic E-state index is 12.3. The lowest BCUT2D eigenvalue weighted by Gasteiger charge is -2.32. The Balaban J connectivity index is 2.05. The van der Waals surface area contributed by atoms with E-state index in [9.17, 15) is 4.79 Å². The van der Waals surface area contributed by atoms with Gasteiger partial charge in [0.2, 0.25) is 5.91 Å². The summed E-state index contributed by atoms with van der Waals surface area (Å²) in [5.41, 5.74) is 1.02.